The second kappa shape index (κ2) is 15.1. The van der Waals surface area contributed by atoms with Gasteiger partial charge in [0.1, 0.15) is 0 Å². The van der Waals surface area contributed by atoms with Gasteiger partial charge in [0.15, 0.2) is 13.9 Å². The van der Waals surface area contributed by atoms with Crippen LogP contribution in [0.1, 0.15) is 27.4 Å². The molecule has 3 aromatic heterocycles. The first kappa shape index (κ1) is 21.6. The Morgan fingerprint density at radius 1 is 0.333 bits per heavy atom. The molecule has 0 unspecified atom stereocenters. The van der Waals surface area contributed by atoms with Gasteiger partial charge in [0, 0.05) is 27.1 Å². The molecule has 9 aromatic carbocycles. The van der Waals surface area contributed by atoms with Crippen molar-refractivity contribution in [1.29, 1.82) is 0 Å². The molecule has 0 saturated heterocycles. The van der Waals surface area contributed by atoms with E-state index >= 15 is 0 Å². The Bertz CT molecular complexity index is 4400. The predicted molar refractivity (Wildman–Crippen MR) is 263 cm³/mol. The predicted octanol–water partition coefficient (Wildman–Crippen LogP) is 10.8. The summed E-state index contributed by atoms with van der Waals surface area (Å²) < 4.78 is 186. The van der Waals surface area contributed by atoms with Gasteiger partial charge in [0.05, 0.1) is 49.5 Å². The van der Waals surface area contributed by atoms with Gasteiger partial charge < -0.3 is 0 Å². The van der Waals surface area contributed by atoms with Crippen molar-refractivity contribution in [1.82, 2.24) is 24.1 Å². The van der Waals surface area contributed by atoms with Crippen LogP contribution in [0, 0.1) is 0 Å². The third kappa shape index (κ3) is 5.95. The zero-order chi connectivity index (χ0) is 59.2. The summed E-state index contributed by atoms with van der Waals surface area (Å²) in [6.45, 7) is 0. The first-order valence-electron chi connectivity index (χ1n) is 29.7. The van der Waals surface area contributed by atoms with Gasteiger partial charge in [-0.3, -0.25) is 9.13 Å². The lowest BCUT2D eigenvalue weighted by Crippen LogP contribution is -2.74. The van der Waals surface area contributed by atoms with Crippen LogP contribution >= 0.6 is 0 Å². The molecule has 6 heteroatoms. The highest BCUT2D eigenvalue weighted by Gasteiger charge is 2.41. The van der Waals surface area contributed by atoms with E-state index in [0.29, 0.717) is 15.6 Å². The molecule has 0 aliphatic heterocycles. The van der Waals surface area contributed by atoms with Crippen molar-refractivity contribution in [2.45, 2.75) is 0 Å². The first-order valence-corrected chi connectivity index (χ1v) is 21.7. The van der Waals surface area contributed by atoms with Gasteiger partial charge in [-0.2, -0.15) is 15.0 Å². The molecule has 0 bridgehead atoms. The van der Waals surface area contributed by atoms with Gasteiger partial charge in [-0.25, -0.2) is 0 Å². The number of aromatic nitrogens is 5. The van der Waals surface area contributed by atoms with Crippen molar-refractivity contribution in [2.75, 3.05) is 0 Å². The summed E-state index contributed by atoms with van der Waals surface area (Å²) >= 11 is 0. The van der Waals surface area contributed by atoms with Crippen LogP contribution in [-0.2, 0) is 0 Å². The van der Waals surface area contributed by atoms with Gasteiger partial charge in [0.2, 0.25) is 11.9 Å². The maximum absolute atomic E-state index is 10.3. The zero-order valence-electron chi connectivity index (χ0n) is 52.7. The van der Waals surface area contributed by atoms with E-state index in [4.69, 9.17) is 31.4 Å². The maximum Gasteiger partial charge on any atom is 0.240 e. The van der Waals surface area contributed by atoms with Crippen molar-refractivity contribution in [3.63, 3.8) is 0 Å². The quantitative estimate of drug-likeness (QED) is 0.113. The monoisotopic (exact) mass is 841 g/mol. The topological polar surface area (TPSA) is 48.5 Å². The van der Waals surface area contributed by atoms with E-state index < -0.39 is 196 Å². The molecule has 296 valence electrons. The van der Waals surface area contributed by atoms with Crippen LogP contribution in [-0.4, -0.2) is 32.2 Å². The minimum Gasteiger partial charge on any atom is -0.278 e. The zero-order valence-corrected chi connectivity index (χ0v) is 33.7. The molecular weight excluding hydrogens is 783 g/mol. The smallest absolute Gasteiger partial charge is 0.240 e. The fourth-order valence-corrected chi connectivity index (χ4v) is 12.9. The molecule has 0 saturated carbocycles. The molecule has 0 amide bonds. The summed E-state index contributed by atoms with van der Waals surface area (Å²) in [6.07, 6.45) is 0. The Kier molecular flexibility index (Phi) is 5.15. The molecule has 0 atom stereocenters. The average Bonchev–Trinajstić information content (AvgIpc) is 1.86. The van der Waals surface area contributed by atoms with Crippen molar-refractivity contribution >= 4 is 72.4 Å². The lowest BCUT2D eigenvalue weighted by atomic mass is 10.1. The van der Waals surface area contributed by atoms with Crippen molar-refractivity contribution in [3.8, 4) is 34.4 Å². The number of benzene rings is 9. The Hall–Kier alpha value is -8.19. The van der Waals surface area contributed by atoms with E-state index in [1.165, 1.54) is 0 Å². The van der Waals surface area contributed by atoms with Gasteiger partial charge in [0.25, 0.3) is 0 Å². The summed E-state index contributed by atoms with van der Waals surface area (Å²) in [5, 5.41) is 0.521. The standard InChI is InChI=1S/C57H39N5Si/c1-4-19-40(20-5-1)42-21-18-26-46(39-42)63(43-22-6-2-7-23-43,44-24-8-3-9-25-44)45-37-35-41(36-38-45)55-58-56(61-51-31-14-10-27-47(51)48-28-11-15-32-52(48)61)60-57(59-55)62-53-33-16-12-29-49(53)50-30-13-17-34-54(50)62/h1-39H/i10D,11D,12D,13D,14D,15D,16D,17D,27D,28D,29D,30D,31D,32D,33D,34D,35D,36D,37D,38D. The summed E-state index contributed by atoms with van der Waals surface area (Å²) in [5.74, 6) is -2.19. The molecule has 63 heavy (non-hydrogen) atoms. The SMILES string of the molecule is [2H]c1c([2H])c([Si](c2ccccc2)(c2ccccc2)c2cccc(-c3ccccc3)c2)c([2H])c([2H])c1-c1nc(-n2c3c([2H])c([2H])c([2H])c([2H])c3c3c([2H])c([2H])c([2H])c([2H])c32)nc(-n2c3c([2H])c([2H])c([2H])c([2H])c3c3c([2H])c([2H])c([2H])c([2H])c32)n1. The molecule has 0 spiro atoms. The molecule has 3 heterocycles. The normalized spacial score (nSPS) is 16.3. The van der Waals surface area contributed by atoms with Crippen LogP contribution < -0.4 is 20.7 Å². The van der Waals surface area contributed by atoms with Crippen LogP contribution in [0.5, 0.6) is 0 Å². The number of fused-ring (bicyclic) bond motifs is 6. The highest BCUT2D eigenvalue weighted by Crippen LogP contribution is 2.34. The molecule has 0 N–H and O–H groups in total. The number of hydrogen-bond acceptors (Lipinski definition) is 3. The molecular formula is C57H39N5Si. The molecule has 0 fully saturated rings. The molecule has 12 aromatic rings. The summed E-state index contributed by atoms with van der Waals surface area (Å²) in [4.78, 5) is 14.2. The first-order chi connectivity index (χ1) is 39.6. The molecule has 5 nitrogen and oxygen atoms in total. The number of hydrogen-bond donors (Lipinski definition) is 0. The second-order valence-electron chi connectivity index (χ2n) is 14.5. The molecule has 0 radical (unpaired) electrons. The van der Waals surface area contributed by atoms with Crippen LogP contribution in [0.4, 0.5) is 0 Å². The lowest BCUT2D eigenvalue weighted by molar-refractivity contribution is 0.893. The minimum atomic E-state index is -4.02. The lowest BCUT2D eigenvalue weighted by Gasteiger charge is -2.34. The third-order valence-electron chi connectivity index (χ3n) is 11.1. The Labute approximate surface area is 394 Å². The van der Waals surface area contributed by atoms with Crippen molar-refractivity contribution < 1.29 is 27.4 Å². The second-order valence-corrected chi connectivity index (χ2v) is 18.2. The van der Waals surface area contributed by atoms with Gasteiger partial charge in [-0.15, -0.1) is 0 Å². The Balaban J connectivity index is 1.28. The summed E-state index contributed by atoms with van der Waals surface area (Å²) in [6, 6.07) is 21.0. The third-order valence-corrected chi connectivity index (χ3v) is 15.7. The largest absolute Gasteiger partial charge is 0.278 e. The van der Waals surface area contributed by atoms with E-state index in [1.807, 2.05) is 115 Å². The van der Waals surface area contributed by atoms with E-state index in [0.717, 1.165) is 20.3 Å². The van der Waals surface area contributed by atoms with Gasteiger partial charge >= 0.3 is 0 Å². The number of para-hydroxylation sites is 4. The summed E-state index contributed by atoms with van der Waals surface area (Å²) in [7, 11) is -4.02. The average molecular weight is 842 g/mol. The van der Waals surface area contributed by atoms with E-state index in [2.05, 4.69) is 0 Å². The fourth-order valence-electron chi connectivity index (χ4n) is 8.39. The Morgan fingerprint density at radius 2 is 0.730 bits per heavy atom. The highest BCUT2D eigenvalue weighted by molar-refractivity contribution is 7.19. The van der Waals surface area contributed by atoms with Crippen LogP contribution in [0.25, 0.3) is 78.0 Å². The van der Waals surface area contributed by atoms with E-state index in [1.54, 1.807) is 0 Å². The summed E-state index contributed by atoms with van der Waals surface area (Å²) in [5.41, 5.74) is -0.850. The van der Waals surface area contributed by atoms with Crippen molar-refractivity contribution in [3.05, 3.63) is 236 Å². The van der Waals surface area contributed by atoms with E-state index in [9.17, 15) is 11.0 Å². The van der Waals surface area contributed by atoms with Gasteiger partial charge in [-0.05, 0) is 56.0 Å². The minimum absolute atomic E-state index is 0.0251. The number of nitrogens with zero attached hydrogens (tertiary/aromatic N) is 5. The number of rotatable bonds is 8. The Morgan fingerprint density at radius 3 is 1.19 bits per heavy atom. The van der Waals surface area contributed by atoms with Gasteiger partial charge in [-0.1, -0.05) is 212 Å². The van der Waals surface area contributed by atoms with Crippen LogP contribution in [0.15, 0.2) is 236 Å². The molecule has 12 rings (SSSR count). The molecule has 0 aliphatic rings. The molecule has 0 aliphatic carbocycles. The highest BCUT2D eigenvalue weighted by atomic mass is 28.3. The van der Waals surface area contributed by atoms with E-state index in [-0.39, 0.29) is 5.19 Å². The fraction of sp³-hybridized carbons (Fsp3) is 0. The van der Waals surface area contributed by atoms with Crippen LogP contribution in [0.2, 0.25) is 0 Å². The maximum atomic E-state index is 10.3. The van der Waals surface area contributed by atoms with Crippen molar-refractivity contribution in [2.24, 2.45) is 0 Å². The van der Waals surface area contributed by atoms with Crippen LogP contribution in [0.3, 0.4) is 0 Å².